The van der Waals surface area contributed by atoms with E-state index in [0.717, 1.165) is 16.9 Å². The first-order valence-corrected chi connectivity index (χ1v) is 4.44. The summed E-state index contributed by atoms with van der Waals surface area (Å²) >= 11 is 5.97. The van der Waals surface area contributed by atoms with Crippen molar-refractivity contribution in [2.75, 3.05) is 0 Å². The van der Waals surface area contributed by atoms with E-state index in [1.807, 2.05) is 29.7 Å². The summed E-state index contributed by atoms with van der Waals surface area (Å²) in [6, 6.07) is 3.91. The monoisotopic (exact) mass is 195 g/mol. The normalized spacial score (nSPS) is 11.0. The molecule has 2 aromatic rings. The van der Waals surface area contributed by atoms with Crippen LogP contribution in [-0.4, -0.2) is 9.38 Å². The molecule has 4 heteroatoms. The summed E-state index contributed by atoms with van der Waals surface area (Å²) in [4.78, 5) is 4.17. The van der Waals surface area contributed by atoms with Crippen molar-refractivity contribution < 1.29 is 0 Å². The van der Waals surface area contributed by atoms with E-state index in [4.69, 9.17) is 17.3 Å². The molecule has 0 bridgehead atoms. The van der Waals surface area contributed by atoms with Gasteiger partial charge in [0.05, 0.1) is 5.52 Å². The van der Waals surface area contributed by atoms with E-state index in [1.165, 1.54) is 0 Å². The highest BCUT2D eigenvalue weighted by Crippen LogP contribution is 2.21. The number of fused-ring (bicyclic) bond motifs is 1. The maximum atomic E-state index is 5.97. The number of pyridine rings is 1. The van der Waals surface area contributed by atoms with Gasteiger partial charge >= 0.3 is 0 Å². The van der Waals surface area contributed by atoms with Crippen LogP contribution in [0.1, 0.15) is 11.4 Å². The van der Waals surface area contributed by atoms with E-state index < -0.39 is 0 Å². The second-order valence-electron chi connectivity index (χ2n) is 2.91. The minimum Gasteiger partial charge on any atom is -0.326 e. The van der Waals surface area contributed by atoms with Crippen LogP contribution in [0.3, 0.4) is 0 Å². The number of aryl methyl sites for hydroxylation is 1. The van der Waals surface area contributed by atoms with Crippen LogP contribution in [0.15, 0.2) is 18.3 Å². The van der Waals surface area contributed by atoms with Crippen LogP contribution in [0.4, 0.5) is 0 Å². The van der Waals surface area contributed by atoms with E-state index >= 15 is 0 Å². The fraction of sp³-hybridized carbons (Fsp3) is 0.222. The quantitative estimate of drug-likeness (QED) is 0.754. The third-order valence-electron chi connectivity index (χ3n) is 2.10. The molecule has 2 N–H and O–H groups in total. The molecule has 13 heavy (non-hydrogen) atoms. The molecular formula is C9H10ClN3. The average Bonchev–Trinajstić information content (AvgIpc) is 2.43. The van der Waals surface area contributed by atoms with E-state index in [9.17, 15) is 0 Å². The molecular weight excluding hydrogens is 186 g/mol. The average molecular weight is 196 g/mol. The summed E-state index contributed by atoms with van der Waals surface area (Å²) in [5.74, 6) is 0.885. The zero-order valence-electron chi connectivity index (χ0n) is 7.29. The standard InChI is InChI=1S/C9H10ClN3/c1-6-12-9(10)8-7(5-11)3-2-4-13(6)8/h2-4H,5,11H2,1H3. The molecule has 0 aliphatic rings. The molecule has 2 aromatic heterocycles. The van der Waals surface area contributed by atoms with Crippen molar-refractivity contribution in [3.05, 3.63) is 34.9 Å². The van der Waals surface area contributed by atoms with Crippen LogP contribution in [0, 0.1) is 6.92 Å². The number of halogens is 1. The molecule has 0 radical (unpaired) electrons. The van der Waals surface area contributed by atoms with Gasteiger partial charge in [-0.15, -0.1) is 0 Å². The van der Waals surface area contributed by atoms with Crippen molar-refractivity contribution in [2.45, 2.75) is 13.5 Å². The first-order valence-electron chi connectivity index (χ1n) is 4.06. The fourth-order valence-corrected chi connectivity index (χ4v) is 1.80. The number of hydrogen-bond donors (Lipinski definition) is 1. The summed E-state index contributed by atoms with van der Waals surface area (Å²) in [5.41, 5.74) is 7.54. The number of aromatic nitrogens is 2. The predicted molar refractivity (Wildman–Crippen MR) is 52.8 cm³/mol. The first-order chi connectivity index (χ1) is 6.24. The van der Waals surface area contributed by atoms with Gasteiger partial charge in [-0.05, 0) is 18.6 Å². The zero-order valence-corrected chi connectivity index (χ0v) is 8.04. The van der Waals surface area contributed by atoms with Crippen molar-refractivity contribution in [1.82, 2.24) is 9.38 Å². The van der Waals surface area contributed by atoms with Crippen LogP contribution in [0.5, 0.6) is 0 Å². The molecule has 0 aliphatic heterocycles. The number of nitrogens with two attached hydrogens (primary N) is 1. The Kier molecular flexibility index (Phi) is 1.98. The van der Waals surface area contributed by atoms with Gasteiger partial charge in [0.1, 0.15) is 5.82 Å². The van der Waals surface area contributed by atoms with Crippen LogP contribution in [0.25, 0.3) is 5.52 Å². The van der Waals surface area contributed by atoms with Gasteiger partial charge in [-0.1, -0.05) is 17.7 Å². The smallest absolute Gasteiger partial charge is 0.155 e. The van der Waals surface area contributed by atoms with Crippen molar-refractivity contribution in [2.24, 2.45) is 5.73 Å². The second kappa shape index (κ2) is 3.01. The van der Waals surface area contributed by atoms with E-state index in [2.05, 4.69) is 4.98 Å². The number of imidazole rings is 1. The number of hydrogen-bond acceptors (Lipinski definition) is 2. The summed E-state index contributed by atoms with van der Waals surface area (Å²) < 4.78 is 1.95. The lowest BCUT2D eigenvalue weighted by Gasteiger charge is -2.01. The van der Waals surface area contributed by atoms with Gasteiger partial charge in [-0.3, -0.25) is 0 Å². The summed E-state index contributed by atoms with van der Waals surface area (Å²) in [6.07, 6.45) is 1.93. The van der Waals surface area contributed by atoms with Gasteiger partial charge < -0.3 is 10.1 Å². The fourth-order valence-electron chi connectivity index (χ4n) is 1.47. The first kappa shape index (κ1) is 8.53. The lowest BCUT2D eigenvalue weighted by atomic mass is 10.2. The van der Waals surface area contributed by atoms with Gasteiger partial charge in [-0.2, -0.15) is 0 Å². The lowest BCUT2D eigenvalue weighted by Crippen LogP contribution is -1.99. The number of rotatable bonds is 1. The molecule has 0 saturated carbocycles. The van der Waals surface area contributed by atoms with Crippen molar-refractivity contribution in [3.63, 3.8) is 0 Å². The molecule has 0 aliphatic carbocycles. The van der Waals surface area contributed by atoms with E-state index in [-0.39, 0.29) is 0 Å². The Hall–Kier alpha value is -1.06. The van der Waals surface area contributed by atoms with Gasteiger partial charge in [0, 0.05) is 12.7 Å². The van der Waals surface area contributed by atoms with Crippen LogP contribution in [0.2, 0.25) is 5.15 Å². The maximum absolute atomic E-state index is 5.97. The largest absolute Gasteiger partial charge is 0.326 e. The molecule has 68 valence electrons. The molecule has 0 aromatic carbocycles. The third-order valence-corrected chi connectivity index (χ3v) is 2.37. The second-order valence-corrected chi connectivity index (χ2v) is 3.26. The highest BCUT2D eigenvalue weighted by molar-refractivity contribution is 6.32. The summed E-state index contributed by atoms with van der Waals surface area (Å²) in [7, 11) is 0. The predicted octanol–water partition coefficient (Wildman–Crippen LogP) is 1.75. The minimum atomic E-state index is 0.481. The minimum absolute atomic E-state index is 0.481. The Morgan fingerprint density at radius 2 is 2.38 bits per heavy atom. The van der Waals surface area contributed by atoms with Crippen LogP contribution in [-0.2, 0) is 6.54 Å². The van der Waals surface area contributed by atoms with E-state index in [0.29, 0.717) is 11.7 Å². The highest BCUT2D eigenvalue weighted by Gasteiger charge is 2.08. The van der Waals surface area contributed by atoms with Crippen molar-refractivity contribution >= 4 is 17.1 Å². The van der Waals surface area contributed by atoms with Gasteiger partial charge in [-0.25, -0.2) is 4.98 Å². The lowest BCUT2D eigenvalue weighted by molar-refractivity contribution is 1.01. The Balaban J connectivity index is 2.88. The SMILES string of the molecule is Cc1nc(Cl)c2c(CN)cccn12. The number of nitrogens with zero attached hydrogens (tertiary/aromatic N) is 2. The highest BCUT2D eigenvalue weighted by atomic mass is 35.5. The Morgan fingerprint density at radius 1 is 1.62 bits per heavy atom. The molecule has 3 nitrogen and oxygen atoms in total. The molecule has 0 saturated heterocycles. The topological polar surface area (TPSA) is 43.3 Å². The van der Waals surface area contributed by atoms with E-state index in [1.54, 1.807) is 0 Å². The molecule has 0 atom stereocenters. The third kappa shape index (κ3) is 1.20. The van der Waals surface area contributed by atoms with Crippen molar-refractivity contribution in [1.29, 1.82) is 0 Å². The van der Waals surface area contributed by atoms with Gasteiger partial charge in [0.15, 0.2) is 5.15 Å². The van der Waals surface area contributed by atoms with Gasteiger partial charge in [0.25, 0.3) is 0 Å². The molecule has 2 heterocycles. The maximum Gasteiger partial charge on any atom is 0.155 e. The van der Waals surface area contributed by atoms with Gasteiger partial charge in [0.2, 0.25) is 0 Å². The van der Waals surface area contributed by atoms with Crippen molar-refractivity contribution in [3.8, 4) is 0 Å². The summed E-state index contributed by atoms with van der Waals surface area (Å²) in [6.45, 7) is 2.40. The Morgan fingerprint density at radius 3 is 3.08 bits per heavy atom. The Bertz CT molecular complexity index is 447. The summed E-state index contributed by atoms with van der Waals surface area (Å²) in [5, 5.41) is 0.526. The van der Waals surface area contributed by atoms with Crippen LogP contribution >= 0.6 is 11.6 Å². The molecule has 0 amide bonds. The zero-order chi connectivity index (χ0) is 9.42. The molecule has 0 spiro atoms. The molecule has 0 unspecified atom stereocenters. The van der Waals surface area contributed by atoms with Crippen LogP contribution < -0.4 is 5.73 Å². The molecule has 2 rings (SSSR count). The molecule has 0 fully saturated rings. The Labute approximate surface area is 81.1 Å².